The second-order valence-corrected chi connectivity index (χ2v) is 9.40. The summed E-state index contributed by atoms with van der Waals surface area (Å²) in [7, 11) is 1.36. The smallest absolute Gasteiger partial charge is 0.337 e. The van der Waals surface area contributed by atoms with E-state index in [-0.39, 0.29) is 11.9 Å². The van der Waals surface area contributed by atoms with Crippen LogP contribution in [0.15, 0.2) is 46.8 Å². The highest BCUT2D eigenvalue weighted by Crippen LogP contribution is 2.28. The molecule has 0 aliphatic heterocycles. The second kappa shape index (κ2) is 11.8. The topological polar surface area (TPSA) is 90.4 Å². The molecule has 1 heterocycles. The van der Waals surface area contributed by atoms with E-state index in [1.165, 1.54) is 30.2 Å². The Morgan fingerprint density at radius 2 is 1.94 bits per heavy atom. The first kappa shape index (κ1) is 24.0. The molecule has 3 rings (SSSR count). The first-order valence-electron chi connectivity index (χ1n) is 9.77. The van der Waals surface area contributed by atoms with Gasteiger partial charge in [0.2, 0.25) is 11.0 Å². The average Bonchev–Trinajstić information content (AvgIpc) is 3.23. The minimum atomic E-state index is -0.361. The Bertz CT molecular complexity index is 1070. The Labute approximate surface area is 199 Å². The average molecular weight is 492 g/mol. The van der Waals surface area contributed by atoms with E-state index in [9.17, 15) is 9.59 Å². The number of aryl methyl sites for hydroxylation is 1. The minimum absolute atomic E-state index is 0.132. The van der Waals surface area contributed by atoms with Gasteiger partial charge in [-0.2, -0.15) is 0 Å². The molecule has 0 radical (unpaired) electrons. The number of rotatable bonds is 10. The summed E-state index contributed by atoms with van der Waals surface area (Å²) < 4.78 is 11.1. The van der Waals surface area contributed by atoms with Gasteiger partial charge in [0.25, 0.3) is 0 Å². The lowest BCUT2D eigenvalue weighted by Gasteiger charge is -2.09. The fourth-order valence-electron chi connectivity index (χ4n) is 2.69. The Kier molecular flexibility index (Phi) is 8.90. The minimum Gasteiger partial charge on any atom is -0.493 e. The highest BCUT2D eigenvalue weighted by molar-refractivity contribution is 8.00. The normalized spacial score (nSPS) is 10.6. The summed E-state index contributed by atoms with van der Waals surface area (Å²) >= 11 is 8.77. The van der Waals surface area contributed by atoms with Crippen molar-refractivity contribution in [3.63, 3.8) is 0 Å². The Morgan fingerprint density at radius 1 is 1.16 bits per heavy atom. The number of hydrogen-bond donors (Lipinski definition) is 1. The molecule has 10 heteroatoms. The van der Waals surface area contributed by atoms with Crippen LogP contribution in [-0.2, 0) is 15.3 Å². The molecule has 0 atom stereocenters. The predicted molar refractivity (Wildman–Crippen MR) is 127 cm³/mol. The number of esters is 1. The maximum absolute atomic E-state index is 12.1. The van der Waals surface area contributed by atoms with Crippen LogP contribution in [0.2, 0.25) is 5.02 Å². The molecule has 0 saturated heterocycles. The number of ether oxygens (including phenoxy) is 2. The number of aromatic nitrogens is 2. The third kappa shape index (κ3) is 7.22. The Hall–Kier alpha value is -2.62. The molecular weight excluding hydrogens is 470 g/mol. The summed E-state index contributed by atoms with van der Waals surface area (Å²) in [5.74, 6) is 0.944. The molecule has 0 spiro atoms. The van der Waals surface area contributed by atoms with Crippen LogP contribution in [0.5, 0.6) is 5.75 Å². The largest absolute Gasteiger partial charge is 0.493 e. The van der Waals surface area contributed by atoms with Crippen molar-refractivity contribution in [2.45, 2.75) is 29.9 Å². The number of benzene rings is 2. The van der Waals surface area contributed by atoms with Gasteiger partial charge in [0, 0.05) is 17.2 Å². The zero-order valence-electron chi connectivity index (χ0n) is 17.6. The van der Waals surface area contributed by atoms with E-state index in [0.29, 0.717) is 40.9 Å². The van der Waals surface area contributed by atoms with E-state index in [1.54, 1.807) is 18.2 Å². The van der Waals surface area contributed by atoms with Crippen LogP contribution in [0.3, 0.4) is 0 Å². The number of hydrogen-bond acceptors (Lipinski definition) is 8. The molecule has 32 heavy (non-hydrogen) atoms. The molecule has 0 bridgehead atoms. The number of thioether (sulfide) groups is 1. The van der Waals surface area contributed by atoms with Crippen molar-refractivity contribution in [2.24, 2.45) is 0 Å². The van der Waals surface area contributed by atoms with Crippen LogP contribution >= 0.6 is 34.7 Å². The van der Waals surface area contributed by atoms with Crippen molar-refractivity contribution in [3.05, 3.63) is 64.2 Å². The van der Waals surface area contributed by atoms with E-state index < -0.39 is 0 Å². The van der Waals surface area contributed by atoms with Crippen LogP contribution < -0.4 is 10.1 Å². The summed E-state index contributed by atoms with van der Waals surface area (Å²) in [6.07, 6.45) is 0.900. The fraction of sp³-hybridized carbons (Fsp3) is 0.273. The molecular formula is C22H22ClN3O4S2. The number of carbonyl (C=O) groups is 2. The van der Waals surface area contributed by atoms with E-state index in [1.807, 2.05) is 31.2 Å². The summed E-state index contributed by atoms with van der Waals surface area (Å²) in [6, 6.07) is 12.6. The molecule has 0 unspecified atom stereocenters. The van der Waals surface area contributed by atoms with Gasteiger partial charge in [-0.25, -0.2) is 4.79 Å². The summed E-state index contributed by atoms with van der Waals surface area (Å²) in [5.41, 5.74) is 2.51. The van der Waals surface area contributed by atoms with Crippen molar-refractivity contribution in [1.29, 1.82) is 0 Å². The molecule has 0 aliphatic carbocycles. The highest BCUT2D eigenvalue weighted by atomic mass is 35.5. The van der Waals surface area contributed by atoms with Gasteiger partial charge in [0.15, 0.2) is 4.34 Å². The van der Waals surface area contributed by atoms with Crippen LogP contribution in [-0.4, -0.2) is 35.8 Å². The van der Waals surface area contributed by atoms with Gasteiger partial charge in [-0.05, 0) is 54.8 Å². The number of nitrogens with one attached hydrogen (secondary N) is 1. The number of carbonyl (C=O) groups excluding carboxylic acids is 2. The Morgan fingerprint density at radius 3 is 2.66 bits per heavy atom. The lowest BCUT2D eigenvalue weighted by molar-refractivity contribution is -0.116. The number of methoxy groups -OCH3 is 1. The van der Waals surface area contributed by atoms with E-state index in [2.05, 4.69) is 15.5 Å². The zero-order chi connectivity index (χ0) is 22.9. The van der Waals surface area contributed by atoms with Crippen molar-refractivity contribution >= 4 is 51.7 Å². The Balaban J connectivity index is 1.38. The third-order valence-corrected chi connectivity index (χ3v) is 6.61. The predicted octanol–water partition coefficient (Wildman–Crippen LogP) is 5.38. The molecule has 0 aliphatic rings. The lowest BCUT2D eigenvalue weighted by Crippen LogP contribution is -2.12. The van der Waals surface area contributed by atoms with Crippen LogP contribution in [0.25, 0.3) is 0 Å². The van der Waals surface area contributed by atoms with Gasteiger partial charge in [0.05, 0.1) is 19.3 Å². The van der Waals surface area contributed by atoms with E-state index in [4.69, 9.17) is 21.1 Å². The van der Waals surface area contributed by atoms with Gasteiger partial charge in [0.1, 0.15) is 5.75 Å². The first-order valence-corrected chi connectivity index (χ1v) is 11.9. The van der Waals surface area contributed by atoms with Crippen molar-refractivity contribution < 1.29 is 19.1 Å². The van der Waals surface area contributed by atoms with Crippen LogP contribution in [0.1, 0.15) is 34.3 Å². The third-order valence-electron chi connectivity index (χ3n) is 4.33. The molecule has 2 aromatic carbocycles. The molecule has 0 saturated carbocycles. The second-order valence-electron chi connectivity index (χ2n) is 6.76. The lowest BCUT2D eigenvalue weighted by atomic mass is 10.1. The number of amides is 1. The monoisotopic (exact) mass is 491 g/mol. The number of nitrogens with zero attached hydrogens (tertiary/aromatic N) is 2. The zero-order valence-corrected chi connectivity index (χ0v) is 20.0. The summed E-state index contributed by atoms with van der Waals surface area (Å²) in [5, 5.41) is 12.0. The summed E-state index contributed by atoms with van der Waals surface area (Å²) in [4.78, 5) is 23.6. The van der Waals surface area contributed by atoms with Gasteiger partial charge in [-0.15, -0.1) is 10.2 Å². The molecule has 0 fully saturated rings. The molecule has 1 amide bonds. The fourth-order valence-corrected chi connectivity index (χ4v) is 4.64. The molecule has 1 aromatic heterocycles. The maximum Gasteiger partial charge on any atom is 0.337 e. The van der Waals surface area contributed by atoms with Gasteiger partial charge >= 0.3 is 5.97 Å². The van der Waals surface area contributed by atoms with E-state index in [0.717, 1.165) is 21.2 Å². The molecule has 1 N–H and O–H groups in total. The van der Waals surface area contributed by atoms with Crippen LogP contribution in [0.4, 0.5) is 5.13 Å². The van der Waals surface area contributed by atoms with Gasteiger partial charge in [-0.3, -0.25) is 4.79 Å². The highest BCUT2D eigenvalue weighted by Gasteiger charge is 2.10. The van der Waals surface area contributed by atoms with Crippen molar-refractivity contribution in [3.8, 4) is 5.75 Å². The SMILES string of the molecule is COC(=O)c1ccc(CSc2nnc(NC(=O)CCCOc3ccc(Cl)cc3C)s2)cc1. The molecule has 3 aromatic rings. The van der Waals surface area contributed by atoms with Gasteiger partial charge in [-0.1, -0.05) is 46.8 Å². The van der Waals surface area contributed by atoms with Crippen LogP contribution in [0, 0.1) is 6.92 Å². The standard InChI is InChI=1S/C22H22ClN3O4S2/c1-14-12-17(23)9-10-18(14)30-11-3-4-19(27)24-21-25-26-22(32-21)31-13-15-5-7-16(8-6-15)20(28)29-2/h5-10,12H,3-4,11,13H2,1-2H3,(H,24,25,27). The first-order chi connectivity index (χ1) is 15.4. The number of anilines is 1. The molecule has 7 nitrogen and oxygen atoms in total. The quantitative estimate of drug-likeness (QED) is 0.176. The van der Waals surface area contributed by atoms with E-state index >= 15 is 0 Å². The van der Waals surface area contributed by atoms with Crippen molar-refractivity contribution in [2.75, 3.05) is 19.0 Å². The number of halogens is 1. The molecule has 168 valence electrons. The maximum atomic E-state index is 12.1. The summed E-state index contributed by atoms with van der Waals surface area (Å²) in [6.45, 7) is 2.36. The van der Waals surface area contributed by atoms with Crippen molar-refractivity contribution in [1.82, 2.24) is 10.2 Å². The van der Waals surface area contributed by atoms with Gasteiger partial charge < -0.3 is 14.8 Å².